The molecular formula is C30H25N3O2. The zero-order valence-electron chi connectivity index (χ0n) is 20.2. The lowest BCUT2D eigenvalue weighted by Crippen LogP contribution is -2.23. The Morgan fingerprint density at radius 3 is 1.94 bits per heavy atom. The molecule has 2 heterocycles. The standard InChI is InChI=1S/C30H25N3O2/c1-30(2,3)33-21(17-25-29(33)31-28(32(25)4)18-10-6-5-7-11-18)16-24-26(34)22-14-19-12-8-9-13-20(19)15-23(22)27(24)35/h5-17H,1-4H3. The van der Waals surface area contributed by atoms with E-state index in [0.29, 0.717) is 11.1 Å². The second kappa shape index (κ2) is 7.37. The number of hydrogen-bond donors (Lipinski definition) is 0. The summed E-state index contributed by atoms with van der Waals surface area (Å²) in [7, 11) is 1.99. The zero-order chi connectivity index (χ0) is 24.5. The zero-order valence-corrected chi connectivity index (χ0v) is 20.2. The van der Waals surface area contributed by atoms with Crippen LogP contribution in [0.3, 0.4) is 0 Å². The lowest BCUT2D eigenvalue weighted by atomic mass is 10.0. The molecule has 0 atom stereocenters. The minimum atomic E-state index is -0.317. The molecular weight excluding hydrogens is 434 g/mol. The average Bonchev–Trinajstić information content (AvgIpc) is 3.43. The number of aromatic nitrogens is 3. The number of nitrogens with zero attached hydrogens (tertiary/aromatic N) is 3. The molecule has 5 aromatic rings. The number of carbonyl (C=O) groups is 2. The van der Waals surface area contributed by atoms with Crippen LogP contribution < -0.4 is 0 Å². The monoisotopic (exact) mass is 459 g/mol. The third kappa shape index (κ3) is 3.19. The first kappa shape index (κ1) is 21.3. The third-order valence-electron chi connectivity index (χ3n) is 6.73. The minimum absolute atomic E-state index is 0.201. The molecule has 0 amide bonds. The van der Waals surface area contributed by atoms with Crippen LogP contribution in [0.15, 0.2) is 78.4 Å². The Morgan fingerprint density at radius 2 is 1.37 bits per heavy atom. The number of benzene rings is 3. The highest BCUT2D eigenvalue weighted by molar-refractivity contribution is 6.42. The van der Waals surface area contributed by atoms with Crippen molar-refractivity contribution in [2.75, 3.05) is 0 Å². The highest BCUT2D eigenvalue weighted by Gasteiger charge is 2.34. The quantitative estimate of drug-likeness (QED) is 0.226. The molecule has 1 aliphatic rings. The first-order chi connectivity index (χ1) is 16.7. The largest absolute Gasteiger partial charge is 0.326 e. The van der Waals surface area contributed by atoms with E-state index in [4.69, 9.17) is 4.98 Å². The summed E-state index contributed by atoms with van der Waals surface area (Å²) >= 11 is 0. The van der Waals surface area contributed by atoms with E-state index in [1.54, 1.807) is 6.08 Å². The molecule has 0 aliphatic heterocycles. The third-order valence-corrected chi connectivity index (χ3v) is 6.73. The van der Waals surface area contributed by atoms with E-state index in [1.165, 1.54) is 0 Å². The van der Waals surface area contributed by atoms with Crippen molar-refractivity contribution in [1.82, 2.24) is 14.1 Å². The summed E-state index contributed by atoms with van der Waals surface area (Å²) in [4.78, 5) is 31.7. The van der Waals surface area contributed by atoms with E-state index in [0.717, 1.165) is 39.0 Å². The van der Waals surface area contributed by atoms with Crippen LogP contribution in [0.5, 0.6) is 0 Å². The van der Waals surface area contributed by atoms with Crippen molar-refractivity contribution in [1.29, 1.82) is 0 Å². The second-order valence-corrected chi connectivity index (χ2v) is 10.1. The van der Waals surface area contributed by atoms with Crippen LogP contribution in [0.4, 0.5) is 0 Å². The highest BCUT2D eigenvalue weighted by atomic mass is 16.2. The summed E-state index contributed by atoms with van der Waals surface area (Å²) < 4.78 is 4.18. The van der Waals surface area contributed by atoms with Gasteiger partial charge >= 0.3 is 0 Å². The first-order valence-corrected chi connectivity index (χ1v) is 11.7. The van der Waals surface area contributed by atoms with Crippen molar-refractivity contribution in [2.45, 2.75) is 26.3 Å². The summed E-state index contributed by atoms with van der Waals surface area (Å²) in [6.45, 7) is 6.31. The molecule has 0 saturated heterocycles. The molecule has 0 unspecified atom stereocenters. The van der Waals surface area contributed by atoms with Crippen LogP contribution in [0.2, 0.25) is 0 Å². The number of aryl methyl sites for hydroxylation is 1. The Labute approximate surface area is 203 Å². The van der Waals surface area contributed by atoms with E-state index in [1.807, 2.05) is 79.8 Å². The normalized spacial score (nSPS) is 13.8. The van der Waals surface area contributed by atoms with Crippen molar-refractivity contribution < 1.29 is 9.59 Å². The van der Waals surface area contributed by atoms with Gasteiger partial charge in [0.1, 0.15) is 5.82 Å². The number of ketones is 2. The Morgan fingerprint density at radius 1 is 0.800 bits per heavy atom. The van der Waals surface area contributed by atoms with Crippen molar-refractivity contribution in [2.24, 2.45) is 7.05 Å². The van der Waals surface area contributed by atoms with E-state index >= 15 is 0 Å². The number of allylic oxidation sites excluding steroid dienone is 1. The van der Waals surface area contributed by atoms with Crippen molar-refractivity contribution >= 4 is 39.6 Å². The van der Waals surface area contributed by atoms with Crippen LogP contribution in [0.25, 0.3) is 39.4 Å². The summed E-state index contributed by atoms with van der Waals surface area (Å²) in [6, 6.07) is 23.6. The molecule has 0 bridgehead atoms. The number of Topliss-reactive ketones (excluding diaryl/α,β-unsaturated/α-hetero) is 2. The molecule has 35 heavy (non-hydrogen) atoms. The van der Waals surface area contributed by atoms with Crippen LogP contribution >= 0.6 is 0 Å². The fourth-order valence-electron chi connectivity index (χ4n) is 5.09. The minimum Gasteiger partial charge on any atom is -0.326 e. The van der Waals surface area contributed by atoms with E-state index < -0.39 is 0 Å². The van der Waals surface area contributed by atoms with Gasteiger partial charge in [0, 0.05) is 35.0 Å². The van der Waals surface area contributed by atoms with Crippen LogP contribution in [0, 0.1) is 0 Å². The predicted octanol–water partition coefficient (Wildman–Crippen LogP) is 6.41. The van der Waals surface area contributed by atoms with Gasteiger partial charge in [0.05, 0.1) is 11.1 Å². The van der Waals surface area contributed by atoms with Crippen LogP contribution in [0.1, 0.15) is 47.2 Å². The van der Waals surface area contributed by atoms with Crippen LogP contribution in [-0.4, -0.2) is 25.7 Å². The number of fused-ring (bicyclic) bond motifs is 3. The van der Waals surface area contributed by atoms with Gasteiger partial charge in [-0.1, -0.05) is 54.6 Å². The van der Waals surface area contributed by atoms with E-state index in [2.05, 4.69) is 29.9 Å². The predicted molar refractivity (Wildman–Crippen MR) is 140 cm³/mol. The van der Waals surface area contributed by atoms with Crippen molar-refractivity contribution in [3.8, 4) is 11.4 Å². The number of hydrogen-bond acceptors (Lipinski definition) is 3. The Bertz CT molecular complexity index is 1650. The number of rotatable bonds is 2. The topological polar surface area (TPSA) is 56.9 Å². The summed E-state index contributed by atoms with van der Waals surface area (Å²) in [5.74, 6) is 0.429. The SMILES string of the molecule is Cn1c(-c2ccccc2)nc2c1cc(C=C1C(=O)c3cc4ccccc4cc3C1=O)n2C(C)(C)C. The molecule has 0 spiro atoms. The van der Waals surface area contributed by atoms with Gasteiger partial charge in [0.25, 0.3) is 0 Å². The number of carbonyl (C=O) groups excluding carboxylic acids is 2. The van der Waals surface area contributed by atoms with Crippen LogP contribution in [-0.2, 0) is 12.6 Å². The lowest BCUT2D eigenvalue weighted by Gasteiger charge is -2.24. The van der Waals surface area contributed by atoms with Gasteiger partial charge in [-0.2, -0.15) is 0 Å². The average molecular weight is 460 g/mol. The van der Waals surface area contributed by atoms with Gasteiger partial charge in [0.15, 0.2) is 17.2 Å². The second-order valence-electron chi connectivity index (χ2n) is 10.1. The maximum Gasteiger partial charge on any atom is 0.197 e. The summed E-state index contributed by atoms with van der Waals surface area (Å²) in [5.41, 5.74) is 4.44. The van der Waals surface area contributed by atoms with E-state index in [9.17, 15) is 9.59 Å². The fraction of sp³-hybridized carbons (Fsp3) is 0.167. The fourth-order valence-corrected chi connectivity index (χ4v) is 5.09. The summed E-state index contributed by atoms with van der Waals surface area (Å²) in [5, 5.41) is 1.91. The Kier molecular flexibility index (Phi) is 4.49. The summed E-state index contributed by atoms with van der Waals surface area (Å²) in [6.07, 6.45) is 1.74. The maximum absolute atomic E-state index is 13.4. The van der Waals surface area contributed by atoms with Gasteiger partial charge in [-0.15, -0.1) is 0 Å². The molecule has 0 radical (unpaired) electrons. The van der Waals surface area contributed by atoms with Gasteiger partial charge in [-0.05, 0) is 55.8 Å². The Balaban J connectivity index is 1.53. The van der Waals surface area contributed by atoms with Crippen molar-refractivity contribution in [3.63, 3.8) is 0 Å². The molecule has 6 rings (SSSR count). The van der Waals surface area contributed by atoms with Gasteiger partial charge < -0.3 is 9.13 Å². The first-order valence-electron chi connectivity index (χ1n) is 11.7. The molecule has 5 heteroatoms. The molecule has 2 aromatic heterocycles. The smallest absolute Gasteiger partial charge is 0.197 e. The maximum atomic E-state index is 13.4. The molecule has 1 aliphatic carbocycles. The highest BCUT2D eigenvalue weighted by Crippen LogP contribution is 2.35. The van der Waals surface area contributed by atoms with Gasteiger partial charge in [-0.3, -0.25) is 9.59 Å². The van der Waals surface area contributed by atoms with Crippen molar-refractivity contribution in [3.05, 3.63) is 95.2 Å². The van der Waals surface area contributed by atoms with E-state index in [-0.39, 0.29) is 22.7 Å². The van der Waals surface area contributed by atoms with Gasteiger partial charge in [-0.25, -0.2) is 4.98 Å². The molecule has 0 N–H and O–H groups in total. The molecule has 0 fully saturated rings. The Hall–Kier alpha value is -4.25. The molecule has 0 saturated carbocycles. The van der Waals surface area contributed by atoms with Gasteiger partial charge in [0.2, 0.25) is 0 Å². The number of imidazole rings is 1. The molecule has 5 nitrogen and oxygen atoms in total. The molecule has 3 aromatic carbocycles. The lowest BCUT2D eigenvalue weighted by molar-refractivity contribution is 0.0990. The molecule has 172 valence electrons.